The minimum atomic E-state index is 0.447. The van der Waals surface area contributed by atoms with Gasteiger partial charge in [0.1, 0.15) is 5.16 Å². The van der Waals surface area contributed by atoms with Gasteiger partial charge in [0.25, 0.3) is 0 Å². The lowest BCUT2D eigenvalue weighted by Crippen LogP contribution is -2.40. The van der Waals surface area contributed by atoms with E-state index in [9.17, 15) is 4.79 Å². The van der Waals surface area contributed by atoms with E-state index in [1.54, 1.807) is 18.1 Å². The third kappa shape index (κ3) is 4.00. The number of hydrogen-bond donors (Lipinski definition) is 1. The van der Waals surface area contributed by atoms with E-state index in [1.165, 1.54) is 5.01 Å². The van der Waals surface area contributed by atoms with Gasteiger partial charge in [0.05, 0.1) is 10.7 Å². The third-order valence-corrected chi connectivity index (χ3v) is 4.43. The number of halogens is 3. The van der Waals surface area contributed by atoms with E-state index >= 15 is 0 Å². The molecule has 1 rings (SSSR count). The Morgan fingerprint density at radius 2 is 1.86 bits per heavy atom. The molecule has 0 radical (unpaired) electrons. The summed E-state index contributed by atoms with van der Waals surface area (Å²) < 4.78 is 0. The van der Waals surface area contributed by atoms with Crippen molar-refractivity contribution in [3.8, 4) is 0 Å². The average Bonchev–Trinajstić information content (AvgIpc) is 2.51. The Morgan fingerprint density at radius 3 is 2.32 bits per heavy atom. The van der Waals surface area contributed by atoms with Gasteiger partial charge in [-0.25, -0.2) is 0 Å². The Labute approximate surface area is 146 Å². The van der Waals surface area contributed by atoms with Crippen molar-refractivity contribution in [3.63, 3.8) is 0 Å². The first-order valence-corrected chi connectivity index (χ1v) is 8.07. The van der Waals surface area contributed by atoms with Crippen LogP contribution < -0.4 is 5.32 Å². The fraction of sp³-hybridized carbons (Fsp3) is 0.400. The molecular weight excluding hydrogens is 345 g/mol. The lowest BCUT2D eigenvalue weighted by molar-refractivity contribution is -0.129. The number of carbonyl (C=O) groups excluding carboxylic acids is 1. The molecule has 1 aromatic carbocycles. The van der Waals surface area contributed by atoms with Crippen molar-refractivity contribution in [1.29, 1.82) is 0 Å². The van der Waals surface area contributed by atoms with Gasteiger partial charge in [-0.3, -0.25) is 14.8 Å². The molecule has 0 bridgehead atoms. The second kappa shape index (κ2) is 8.51. The summed E-state index contributed by atoms with van der Waals surface area (Å²) in [6.45, 7) is 6.75. The van der Waals surface area contributed by atoms with Crippen LogP contribution in [0.2, 0.25) is 10.0 Å². The number of allylic oxidation sites excluding steroid dienone is 1. The number of amides is 1. The fourth-order valence-electron chi connectivity index (χ4n) is 2.07. The summed E-state index contributed by atoms with van der Waals surface area (Å²) in [6, 6.07) is 3.51. The molecule has 0 saturated heterocycles. The summed E-state index contributed by atoms with van der Waals surface area (Å²) in [4.78, 5) is 11.2. The molecule has 122 valence electrons. The van der Waals surface area contributed by atoms with Crippen LogP contribution in [-0.2, 0) is 4.79 Å². The van der Waals surface area contributed by atoms with E-state index in [2.05, 4.69) is 5.32 Å². The summed E-state index contributed by atoms with van der Waals surface area (Å²) >= 11 is 18.9. The van der Waals surface area contributed by atoms with Crippen molar-refractivity contribution in [2.75, 3.05) is 25.5 Å². The largest absolute Gasteiger partial charge is 0.387 e. The van der Waals surface area contributed by atoms with Gasteiger partial charge in [-0.15, -0.1) is 0 Å². The van der Waals surface area contributed by atoms with Gasteiger partial charge in [0.2, 0.25) is 6.41 Å². The molecule has 0 aliphatic rings. The summed E-state index contributed by atoms with van der Waals surface area (Å²) in [5.74, 6) is 0. The van der Waals surface area contributed by atoms with E-state index in [0.717, 1.165) is 23.2 Å². The molecule has 0 spiro atoms. The van der Waals surface area contributed by atoms with Crippen molar-refractivity contribution in [3.05, 3.63) is 32.9 Å². The molecular formula is C15H20Cl3N3O. The van der Waals surface area contributed by atoms with Crippen LogP contribution in [0.25, 0.3) is 5.57 Å². The molecule has 0 aromatic heterocycles. The van der Waals surface area contributed by atoms with Gasteiger partial charge in [-0.1, -0.05) is 34.8 Å². The number of anilines is 1. The Bertz CT molecular complexity index is 575. The van der Waals surface area contributed by atoms with Crippen molar-refractivity contribution in [2.45, 2.75) is 20.8 Å². The molecule has 4 nitrogen and oxygen atoms in total. The first-order valence-electron chi connectivity index (χ1n) is 6.94. The van der Waals surface area contributed by atoms with E-state index in [1.807, 2.05) is 26.8 Å². The second-order valence-corrected chi connectivity index (χ2v) is 5.73. The van der Waals surface area contributed by atoms with Crippen LogP contribution in [0.5, 0.6) is 0 Å². The molecule has 0 fully saturated rings. The van der Waals surface area contributed by atoms with E-state index in [0.29, 0.717) is 28.3 Å². The quantitative estimate of drug-likeness (QED) is 0.433. The number of hydrogen-bond acceptors (Lipinski definition) is 3. The van der Waals surface area contributed by atoms with Gasteiger partial charge in [-0.2, -0.15) is 0 Å². The minimum absolute atomic E-state index is 0.447. The molecule has 0 aliphatic carbocycles. The van der Waals surface area contributed by atoms with Gasteiger partial charge in [0.15, 0.2) is 0 Å². The molecule has 7 heteroatoms. The lowest BCUT2D eigenvalue weighted by Gasteiger charge is -2.32. The first-order chi connectivity index (χ1) is 10.4. The summed E-state index contributed by atoms with van der Waals surface area (Å²) in [7, 11) is 1.78. The summed E-state index contributed by atoms with van der Waals surface area (Å²) in [5, 5.41) is 7.71. The van der Waals surface area contributed by atoms with Crippen molar-refractivity contribution in [1.82, 2.24) is 10.0 Å². The van der Waals surface area contributed by atoms with Crippen LogP contribution >= 0.6 is 34.8 Å². The summed E-state index contributed by atoms with van der Waals surface area (Å²) in [6.07, 6.45) is 0.752. The number of carbonyl (C=O) groups is 1. The zero-order valence-electron chi connectivity index (χ0n) is 13.1. The third-order valence-electron chi connectivity index (χ3n) is 3.32. The highest BCUT2D eigenvalue weighted by Gasteiger charge is 2.17. The molecule has 0 heterocycles. The first kappa shape index (κ1) is 18.9. The van der Waals surface area contributed by atoms with Crippen LogP contribution in [0.1, 0.15) is 26.3 Å². The van der Waals surface area contributed by atoms with Crippen molar-refractivity contribution < 1.29 is 4.79 Å². The SMILES string of the molecule is CCN(C=O)N(CC)/C(Cl)=C(\C)c1cc(NC)c(Cl)cc1Cl. The average molecular weight is 365 g/mol. The van der Waals surface area contributed by atoms with Crippen LogP contribution in [0, 0.1) is 0 Å². The number of hydrazine groups is 1. The van der Waals surface area contributed by atoms with Crippen LogP contribution in [0.15, 0.2) is 17.3 Å². The fourth-order valence-corrected chi connectivity index (χ4v) is 3.01. The number of benzene rings is 1. The predicted octanol–water partition coefficient (Wildman–Crippen LogP) is 4.68. The van der Waals surface area contributed by atoms with Gasteiger partial charge in [-0.05, 0) is 38.5 Å². The van der Waals surface area contributed by atoms with E-state index in [-0.39, 0.29) is 0 Å². The van der Waals surface area contributed by atoms with Crippen molar-refractivity contribution >= 4 is 52.5 Å². The van der Waals surface area contributed by atoms with Crippen LogP contribution in [0.4, 0.5) is 5.69 Å². The molecule has 0 unspecified atom stereocenters. The van der Waals surface area contributed by atoms with E-state index in [4.69, 9.17) is 34.8 Å². The Hall–Kier alpha value is -1.10. The zero-order chi connectivity index (χ0) is 16.9. The number of nitrogens with one attached hydrogen (secondary N) is 1. The Balaban J connectivity index is 3.37. The normalized spacial score (nSPS) is 11.8. The molecule has 0 atom stereocenters. The topological polar surface area (TPSA) is 35.6 Å². The zero-order valence-corrected chi connectivity index (χ0v) is 15.4. The van der Waals surface area contributed by atoms with Gasteiger partial charge >= 0.3 is 0 Å². The second-order valence-electron chi connectivity index (χ2n) is 4.55. The predicted molar refractivity (Wildman–Crippen MR) is 95.3 cm³/mol. The maximum atomic E-state index is 11.2. The maximum absolute atomic E-state index is 11.2. The monoisotopic (exact) mass is 363 g/mol. The summed E-state index contributed by atoms with van der Waals surface area (Å²) in [5.41, 5.74) is 2.29. The molecule has 1 aromatic rings. The Morgan fingerprint density at radius 1 is 1.23 bits per heavy atom. The highest BCUT2D eigenvalue weighted by Crippen LogP contribution is 2.35. The van der Waals surface area contributed by atoms with Gasteiger partial charge < -0.3 is 5.32 Å². The van der Waals surface area contributed by atoms with E-state index < -0.39 is 0 Å². The smallest absolute Gasteiger partial charge is 0.228 e. The molecule has 0 saturated carbocycles. The van der Waals surface area contributed by atoms with Gasteiger partial charge in [0, 0.05) is 30.7 Å². The standard InChI is InChI=1S/C15H20Cl3N3O/c1-5-20(9-22)21(6-2)15(18)10(3)11-7-14(19-4)13(17)8-12(11)16/h7-9,19H,5-6H2,1-4H3/b15-10+. The number of nitrogens with zero attached hydrogens (tertiary/aromatic N) is 2. The maximum Gasteiger partial charge on any atom is 0.228 e. The highest BCUT2D eigenvalue weighted by atomic mass is 35.5. The molecule has 1 amide bonds. The number of rotatable bonds is 7. The van der Waals surface area contributed by atoms with Crippen molar-refractivity contribution in [2.24, 2.45) is 0 Å². The molecule has 0 aliphatic heterocycles. The molecule has 1 N–H and O–H groups in total. The lowest BCUT2D eigenvalue weighted by atomic mass is 10.1. The Kier molecular flexibility index (Phi) is 7.33. The van der Waals surface area contributed by atoms with Crippen LogP contribution in [0.3, 0.4) is 0 Å². The minimum Gasteiger partial charge on any atom is -0.387 e. The molecule has 22 heavy (non-hydrogen) atoms. The van der Waals surface area contributed by atoms with Crippen LogP contribution in [-0.4, -0.2) is 36.6 Å². The highest BCUT2D eigenvalue weighted by molar-refractivity contribution is 6.38.